The van der Waals surface area contributed by atoms with E-state index in [2.05, 4.69) is 0 Å². The Kier molecular flexibility index (Phi) is 3.37. The molecule has 2 atom stereocenters. The van der Waals surface area contributed by atoms with Gasteiger partial charge in [0.05, 0.1) is 12.2 Å². The lowest BCUT2D eigenvalue weighted by atomic mass is 10.3. The average Bonchev–Trinajstić information content (AvgIpc) is 2.26. The Labute approximate surface area is 69.9 Å². The summed E-state index contributed by atoms with van der Waals surface area (Å²) in [6, 6.07) is 0. The predicted octanol–water partition coefficient (Wildman–Crippen LogP) is -0.0570. The molecule has 0 spiro atoms. The van der Waals surface area contributed by atoms with Crippen LogP contribution in [0.4, 0.5) is 8.78 Å². The van der Waals surface area contributed by atoms with Gasteiger partial charge in [-0.3, -0.25) is 0 Å². The zero-order valence-corrected chi connectivity index (χ0v) is 6.91. The van der Waals surface area contributed by atoms with Crippen molar-refractivity contribution in [2.45, 2.75) is 18.6 Å². The molecule has 3 nitrogen and oxygen atoms in total. The molecule has 0 bridgehead atoms. The van der Waals surface area contributed by atoms with Crippen molar-refractivity contribution < 1.29 is 18.6 Å². The highest BCUT2D eigenvalue weighted by atomic mass is 19.3. The van der Waals surface area contributed by atoms with Gasteiger partial charge < -0.3 is 14.7 Å². The summed E-state index contributed by atoms with van der Waals surface area (Å²) >= 11 is 0. The fourth-order valence-electron chi connectivity index (χ4n) is 1.30. The maximum atomic E-state index is 11.7. The fourth-order valence-corrected chi connectivity index (χ4v) is 1.30. The van der Waals surface area contributed by atoms with Crippen molar-refractivity contribution in [1.29, 1.82) is 0 Å². The van der Waals surface area contributed by atoms with Crippen LogP contribution in [0, 0.1) is 0 Å². The molecule has 12 heavy (non-hydrogen) atoms. The lowest BCUT2D eigenvalue weighted by Gasteiger charge is -2.13. The van der Waals surface area contributed by atoms with Crippen LogP contribution in [-0.4, -0.2) is 55.4 Å². The Morgan fingerprint density at radius 2 is 2.25 bits per heavy atom. The zero-order chi connectivity index (χ0) is 9.14. The fraction of sp³-hybridized carbons (Fsp3) is 1.00. The quantitative estimate of drug-likeness (QED) is 0.662. The summed E-state index contributed by atoms with van der Waals surface area (Å²) in [5.41, 5.74) is 0. The molecule has 1 heterocycles. The van der Waals surface area contributed by atoms with Crippen molar-refractivity contribution in [3.63, 3.8) is 0 Å². The van der Waals surface area contributed by atoms with Gasteiger partial charge in [0.1, 0.15) is 6.61 Å². The van der Waals surface area contributed by atoms with E-state index in [1.165, 1.54) is 0 Å². The van der Waals surface area contributed by atoms with Crippen LogP contribution in [0.2, 0.25) is 0 Å². The molecule has 1 saturated heterocycles. The molecule has 0 aromatic rings. The lowest BCUT2D eigenvalue weighted by Crippen LogP contribution is -2.28. The number of hydrogen-bond donors (Lipinski definition) is 1. The minimum atomic E-state index is -2.46. The van der Waals surface area contributed by atoms with Crippen LogP contribution in [0.25, 0.3) is 0 Å². The van der Waals surface area contributed by atoms with E-state index >= 15 is 0 Å². The molecule has 0 amide bonds. The number of aliphatic hydroxyl groups is 1. The Bertz CT molecular complexity index is 145. The Morgan fingerprint density at radius 1 is 1.58 bits per heavy atom. The average molecular weight is 181 g/mol. The number of hydrogen-bond acceptors (Lipinski definition) is 3. The largest absolute Gasteiger partial charge is 0.389 e. The van der Waals surface area contributed by atoms with Gasteiger partial charge in [-0.05, 0) is 7.05 Å². The number of nitrogens with zero attached hydrogens (tertiary/aromatic N) is 1. The Balaban J connectivity index is 2.23. The van der Waals surface area contributed by atoms with Crippen molar-refractivity contribution in [2.24, 2.45) is 0 Å². The van der Waals surface area contributed by atoms with Gasteiger partial charge in [0, 0.05) is 13.1 Å². The minimum absolute atomic E-state index is 0.455. The van der Waals surface area contributed by atoms with Crippen LogP contribution in [0.3, 0.4) is 0 Å². The summed E-state index contributed by atoms with van der Waals surface area (Å²) in [6.45, 7) is 0.428. The van der Waals surface area contributed by atoms with E-state index in [9.17, 15) is 13.9 Å². The maximum Gasteiger partial charge on any atom is 0.261 e. The molecule has 1 aliphatic heterocycles. The van der Waals surface area contributed by atoms with Gasteiger partial charge in [-0.25, -0.2) is 8.78 Å². The van der Waals surface area contributed by atoms with E-state index in [-0.39, 0.29) is 0 Å². The van der Waals surface area contributed by atoms with E-state index in [0.29, 0.717) is 13.1 Å². The molecular weight excluding hydrogens is 168 g/mol. The van der Waals surface area contributed by atoms with Gasteiger partial charge in [-0.2, -0.15) is 0 Å². The van der Waals surface area contributed by atoms with Crippen molar-refractivity contribution in [3.05, 3.63) is 0 Å². The van der Waals surface area contributed by atoms with E-state index in [1.54, 1.807) is 0 Å². The number of likely N-dealkylation sites (N-methyl/N-ethyl adjacent to an activating group) is 1. The van der Waals surface area contributed by atoms with Crippen LogP contribution < -0.4 is 0 Å². The highest BCUT2D eigenvalue weighted by Gasteiger charge is 2.30. The molecule has 0 aromatic heterocycles. The molecule has 1 N–H and O–H groups in total. The molecule has 0 aromatic carbocycles. The number of ether oxygens (including phenoxy) is 1. The number of likely N-dealkylation sites (tertiary alicyclic amines) is 1. The molecular formula is C7H13F2NO2. The molecule has 0 saturated carbocycles. The molecule has 0 unspecified atom stereocenters. The molecule has 1 fully saturated rings. The molecule has 0 aliphatic carbocycles. The second kappa shape index (κ2) is 4.11. The van der Waals surface area contributed by atoms with E-state index in [0.717, 1.165) is 0 Å². The van der Waals surface area contributed by atoms with Crippen molar-refractivity contribution in [3.8, 4) is 0 Å². The normalized spacial score (nSPS) is 31.8. The summed E-state index contributed by atoms with van der Waals surface area (Å²) in [4.78, 5) is 1.85. The minimum Gasteiger partial charge on any atom is -0.389 e. The Morgan fingerprint density at radius 3 is 2.67 bits per heavy atom. The number of alkyl halides is 2. The number of halogens is 2. The summed E-state index contributed by atoms with van der Waals surface area (Å²) in [6.07, 6.45) is -3.54. The third kappa shape index (κ3) is 2.66. The third-order valence-corrected chi connectivity index (χ3v) is 1.86. The molecule has 0 radical (unpaired) electrons. The lowest BCUT2D eigenvalue weighted by molar-refractivity contribution is -0.0548. The van der Waals surface area contributed by atoms with Gasteiger partial charge in [0.15, 0.2) is 0 Å². The SMILES string of the molecule is CN1C[C@@H](O)[C@H](OCC(F)F)C1. The highest BCUT2D eigenvalue weighted by molar-refractivity contribution is 4.82. The van der Waals surface area contributed by atoms with Gasteiger partial charge >= 0.3 is 0 Å². The standard InChI is InChI=1S/C7H13F2NO2/c1-10-2-5(11)6(3-10)12-4-7(8)9/h5-7,11H,2-4H2,1H3/t5-,6-/m1/s1. The molecule has 1 aliphatic rings. The third-order valence-electron chi connectivity index (χ3n) is 1.86. The molecule has 72 valence electrons. The summed E-state index contributed by atoms with van der Waals surface area (Å²) in [5.74, 6) is 0. The highest BCUT2D eigenvalue weighted by Crippen LogP contribution is 2.12. The van der Waals surface area contributed by atoms with E-state index in [4.69, 9.17) is 4.74 Å². The first-order valence-corrected chi connectivity index (χ1v) is 3.86. The van der Waals surface area contributed by atoms with Gasteiger partial charge in [-0.1, -0.05) is 0 Å². The van der Waals surface area contributed by atoms with Crippen LogP contribution in [0.15, 0.2) is 0 Å². The van der Waals surface area contributed by atoms with Crippen molar-refractivity contribution in [2.75, 3.05) is 26.7 Å². The van der Waals surface area contributed by atoms with E-state index < -0.39 is 25.2 Å². The summed E-state index contributed by atoms with van der Waals surface area (Å²) < 4.78 is 28.2. The molecule has 1 rings (SSSR count). The molecule has 5 heteroatoms. The predicted molar refractivity (Wildman–Crippen MR) is 39.2 cm³/mol. The van der Waals surface area contributed by atoms with Crippen LogP contribution >= 0.6 is 0 Å². The van der Waals surface area contributed by atoms with Crippen LogP contribution in [0.5, 0.6) is 0 Å². The second-order valence-electron chi connectivity index (χ2n) is 3.05. The Hall–Kier alpha value is -0.260. The first kappa shape index (κ1) is 9.83. The van der Waals surface area contributed by atoms with Crippen LogP contribution in [0.1, 0.15) is 0 Å². The second-order valence-corrected chi connectivity index (χ2v) is 3.05. The monoisotopic (exact) mass is 181 g/mol. The summed E-state index contributed by atoms with van der Waals surface area (Å²) in [5, 5.41) is 9.26. The van der Waals surface area contributed by atoms with Gasteiger partial charge in [-0.15, -0.1) is 0 Å². The smallest absolute Gasteiger partial charge is 0.261 e. The van der Waals surface area contributed by atoms with Crippen molar-refractivity contribution in [1.82, 2.24) is 4.90 Å². The number of β-amino-alcohol motifs (C(OH)–C–C–N with tert-alkyl or cyclic N) is 1. The topological polar surface area (TPSA) is 32.7 Å². The van der Waals surface area contributed by atoms with E-state index in [1.807, 2.05) is 11.9 Å². The van der Waals surface area contributed by atoms with Crippen LogP contribution in [-0.2, 0) is 4.74 Å². The first-order chi connectivity index (χ1) is 5.59. The number of rotatable bonds is 3. The first-order valence-electron chi connectivity index (χ1n) is 3.86. The summed E-state index contributed by atoms with van der Waals surface area (Å²) in [7, 11) is 1.81. The maximum absolute atomic E-state index is 11.7. The zero-order valence-electron chi connectivity index (χ0n) is 6.91. The number of aliphatic hydroxyl groups excluding tert-OH is 1. The van der Waals surface area contributed by atoms with Gasteiger partial charge in [0.25, 0.3) is 6.43 Å². The van der Waals surface area contributed by atoms with Crippen molar-refractivity contribution >= 4 is 0 Å². The van der Waals surface area contributed by atoms with Gasteiger partial charge in [0.2, 0.25) is 0 Å².